The number of nitrogens with zero attached hydrogens (tertiary/aromatic N) is 4. The lowest BCUT2D eigenvalue weighted by Gasteiger charge is -2.33. The first-order valence-corrected chi connectivity index (χ1v) is 14.8. The third-order valence-electron chi connectivity index (χ3n) is 7.29. The van der Waals surface area contributed by atoms with E-state index in [0.29, 0.717) is 58.4 Å². The van der Waals surface area contributed by atoms with Gasteiger partial charge < -0.3 is 9.64 Å². The maximum atomic E-state index is 13.8. The summed E-state index contributed by atoms with van der Waals surface area (Å²) in [6.07, 6.45) is 7.31. The second-order valence-corrected chi connectivity index (χ2v) is 11.8. The van der Waals surface area contributed by atoms with Crippen molar-refractivity contribution in [3.05, 3.63) is 80.6 Å². The SMILES string of the molecule is CCOCCCN1C(=O)/C(=C\c2c(N3CCC(Cc4ccccc4)CC3)nc3ccc(C)cn3c2=O)SC1=S. The number of aryl methyl sites for hydroxylation is 1. The van der Waals surface area contributed by atoms with Gasteiger partial charge >= 0.3 is 0 Å². The van der Waals surface area contributed by atoms with E-state index in [1.54, 1.807) is 21.6 Å². The molecule has 204 valence electrons. The Morgan fingerprint density at radius 1 is 1.13 bits per heavy atom. The van der Waals surface area contributed by atoms with Crippen LogP contribution in [0.2, 0.25) is 0 Å². The summed E-state index contributed by atoms with van der Waals surface area (Å²) in [5.74, 6) is 1.07. The summed E-state index contributed by atoms with van der Waals surface area (Å²) < 4.78 is 7.50. The average Bonchev–Trinajstić information content (AvgIpc) is 3.21. The number of hydrogen-bond donors (Lipinski definition) is 0. The van der Waals surface area contributed by atoms with Crippen LogP contribution in [0.1, 0.15) is 42.9 Å². The number of thiocarbonyl (C=S) groups is 1. The van der Waals surface area contributed by atoms with Gasteiger partial charge in [0.05, 0.1) is 10.5 Å². The summed E-state index contributed by atoms with van der Waals surface area (Å²) in [4.78, 5) is 36.3. The number of fused-ring (bicyclic) bond motifs is 1. The smallest absolute Gasteiger partial charge is 0.267 e. The molecule has 0 spiro atoms. The fourth-order valence-electron chi connectivity index (χ4n) is 5.20. The van der Waals surface area contributed by atoms with E-state index in [1.165, 1.54) is 17.3 Å². The standard InChI is InChI=1S/C30H34N4O3S2/c1-3-37-17-7-14-33-29(36)25(39-30(33)38)19-24-27(31-26-11-10-21(2)20-34(26)28(24)35)32-15-12-23(13-16-32)18-22-8-5-4-6-9-22/h4-6,8-11,19-20,23H,3,7,12-18H2,1-2H3/b25-19+. The van der Waals surface area contributed by atoms with Gasteiger partial charge in [-0.2, -0.15) is 0 Å². The maximum absolute atomic E-state index is 13.8. The molecule has 2 saturated heterocycles. The Bertz CT molecular complexity index is 1450. The van der Waals surface area contributed by atoms with Gasteiger partial charge in [-0.15, -0.1) is 0 Å². The van der Waals surface area contributed by atoms with Gasteiger partial charge in [-0.05, 0) is 68.7 Å². The van der Waals surface area contributed by atoms with Crippen molar-refractivity contribution in [1.82, 2.24) is 14.3 Å². The molecule has 4 heterocycles. The Balaban J connectivity index is 1.43. The van der Waals surface area contributed by atoms with Crippen LogP contribution in [0.4, 0.5) is 5.82 Å². The van der Waals surface area contributed by atoms with Crippen LogP contribution in [0.25, 0.3) is 11.7 Å². The highest BCUT2D eigenvalue weighted by atomic mass is 32.2. The highest BCUT2D eigenvalue weighted by Gasteiger charge is 2.33. The number of ether oxygens (including phenoxy) is 1. The Morgan fingerprint density at radius 2 is 1.90 bits per heavy atom. The van der Waals surface area contributed by atoms with E-state index in [1.807, 2.05) is 32.0 Å². The van der Waals surface area contributed by atoms with Crippen molar-refractivity contribution in [3.63, 3.8) is 0 Å². The van der Waals surface area contributed by atoms with Crippen LogP contribution in [0.3, 0.4) is 0 Å². The first kappa shape index (κ1) is 27.6. The minimum atomic E-state index is -0.174. The Hall–Kier alpha value is -3.01. The molecule has 2 fully saturated rings. The first-order valence-electron chi connectivity index (χ1n) is 13.6. The highest BCUT2D eigenvalue weighted by molar-refractivity contribution is 8.26. The summed E-state index contributed by atoms with van der Waals surface area (Å²) in [6.45, 7) is 7.23. The van der Waals surface area contributed by atoms with Crippen molar-refractivity contribution in [2.24, 2.45) is 5.92 Å². The summed E-state index contributed by atoms with van der Waals surface area (Å²) in [5, 5.41) is 0. The van der Waals surface area contributed by atoms with Gasteiger partial charge in [0.2, 0.25) is 0 Å². The topological polar surface area (TPSA) is 67.2 Å². The fraction of sp³-hybridized carbons (Fsp3) is 0.400. The van der Waals surface area contributed by atoms with Gasteiger partial charge in [0.1, 0.15) is 15.8 Å². The number of anilines is 1. The van der Waals surface area contributed by atoms with E-state index >= 15 is 0 Å². The van der Waals surface area contributed by atoms with E-state index in [-0.39, 0.29) is 11.5 Å². The monoisotopic (exact) mass is 562 g/mol. The number of hydrogen-bond acceptors (Lipinski definition) is 7. The van der Waals surface area contributed by atoms with Gasteiger partial charge in [0.15, 0.2) is 0 Å². The molecule has 0 radical (unpaired) electrons. The van der Waals surface area contributed by atoms with Crippen LogP contribution in [-0.2, 0) is 16.0 Å². The molecule has 2 aliphatic rings. The quantitative estimate of drug-likeness (QED) is 0.204. The molecular formula is C30H34N4O3S2. The molecule has 0 aliphatic carbocycles. The van der Waals surface area contributed by atoms with Gasteiger partial charge in [-0.3, -0.25) is 18.9 Å². The third-order valence-corrected chi connectivity index (χ3v) is 8.67. The molecule has 39 heavy (non-hydrogen) atoms. The van der Waals surface area contributed by atoms with Crippen LogP contribution in [0.5, 0.6) is 0 Å². The summed E-state index contributed by atoms with van der Waals surface area (Å²) in [6, 6.07) is 14.4. The van der Waals surface area contributed by atoms with Crippen LogP contribution >= 0.6 is 24.0 Å². The van der Waals surface area contributed by atoms with Crippen molar-refractivity contribution in [1.29, 1.82) is 0 Å². The number of benzene rings is 1. The zero-order valence-corrected chi connectivity index (χ0v) is 24.1. The molecule has 3 aromatic rings. The van der Waals surface area contributed by atoms with Crippen LogP contribution < -0.4 is 10.5 Å². The lowest BCUT2D eigenvalue weighted by Crippen LogP contribution is -2.37. The number of carbonyl (C=O) groups is 1. The molecule has 2 aliphatic heterocycles. The Kier molecular flexibility index (Phi) is 8.79. The minimum absolute atomic E-state index is 0.164. The second-order valence-electron chi connectivity index (χ2n) is 10.1. The molecule has 1 aromatic carbocycles. The molecule has 0 bridgehead atoms. The Labute approximate surface area is 238 Å². The van der Waals surface area contributed by atoms with E-state index in [4.69, 9.17) is 21.9 Å². The van der Waals surface area contributed by atoms with E-state index < -0.39 is 0 Å². The zero-order valence-electron chi connectivity index (χ0n) is 22.5. The largest absolute Gasteiger partial charge is 0.382 e. The number of amides is 1. The molecule has 7 nitrogen and oxygen atoms in total. The van der Waals surface area contributed by atoms with Crippen molar-refractivity contribution in [2.45, 2.75) is 39.5 Å². The predicted octanol–water partition coefficient (Wildman–Crippen LogP) is 5.09. The molecule has 1 amide bonds. The molecule has 0 N–H and O–H groups in total. The molecule has 9 heteroatoms. The van der Waals surface area contributed by atoms with E-state index in [0.717, 1.165) is 37.9 Å². The molecule has 0 unspecified atom stereocenters. The molecule has 5 rings (SSSR count). The lowest BCUT2D eigenvalue weighted by atomic mass is 9.90. The van der Waals surface area contributed by atoms with Gasteiger partial charge in [0, 0.05) is 39.0 Å². The van der Waals surface area contributed by atoms with Crippen molar-refractivity contribution in [3.8, 4) is 0 Å². The summed E-state index contributed by atoms with van der Waals surface area (Å²) >= 11 is 6.77. The third kappa shape index (κ3) is 6.26. The fourth-order valence-corrected chi connectivity index (χ4v) is 6.49. The summed E-state index contributed by atoms with van der Waals surface area (Å²) in [5.41, 5.74) is 3.19. The maximum Gasteiger partial charge on any atom is 0.267 e. The minimum Gasteiger partial charge on any atom is -0.382 e. The van der Waals surface area contributed by atoms with Crippen LogP contribution in [0.15, 0.2) is 58.4 Å². The predicted molar refractivity (Wildman–Crippen MR) is 162 cm³/mol. The molecule has 0 saturated carbocycles. The van der Waals surface area contributed by atoms with Crippen molar-refractivity contribution >= 4 is 51.7 Å². The van der Waals surface area contributed by atoms with Crippen LogP contribution in [0, 0.1) is 12.8 Å². The number of aromatic nitrogens is 2. The van der Waals surface area contributed by atoms with Crippen LogP contribution in [-0.4, -0.2) is 57.4 Å². The first-order chi connectivity index (χ1) is 18.9. The highest BCUT2D eigenvalue weighted by Crippen LogP contribution is 2.34. The number of carbonyl (C=O) groups excluding carboxylic acids is 1. The van der Waals surface area contributed by atoms with Gasteiger partial charge in [-0.1, -0.05) is 60.4 Å². The molecular weight excluding hydrogens is 528 g/mol. The van der Waals surface area contributed by atoms with Crippen molar-refractivity contribution < 1.29 is 9.53 Å². The average molecular weight is 563 g/mol. The molecule has 0 atom stereocenters. The number of thioether (sulfide) groups is 1. The van der Waals surface area contributed by atoms with E-state index in [9.17, 15) is 9.59 Å². The lowest BCUT2D eigenvalue weighted by molar-refractivity contribution is -0.122. The normalized spacial score (nSPS) is 17.6. The summed E-state index contributed by atoms with van der Waals surface area (Å²) in [7, 11) is 0. The van der Waals surface area contributed by atoms with E-state index in [2.05, 4.69) is 29.2 Å². The van der Waals surface area contributed by atoms with Crippen molar-refractivity contribution in [2.75, 3.05) is 37.7 Å². The Morgan fingerprint density at radius 3 is 2.64 bits per heavy atom. The molecule has 2 aromatic heterocycles. The zero-order chi connectivity index (χ0) is 27.4. The number of pyridine rings is 1. The van der Waals surface area contributed by atoms with Gasteiger partial charge in [-0.25, -0.2) is 4.98 Å². The van der Waals surface area contributed by atoms with Gasteiger partial charge in [0.25, 0.3) is 11.5 Å². The number of rotatable bonds is 9. The second kappa shape index (κ2) is 12.4. The number of piperidine rings is 1.